The second kappa shape index (κ2) is 8.00. The van der Waals surface area contributed by atoms with Crippen molar-refractivity contribution in [3.8, 4) is 0 Å². The van der Waals surface area contributed by atoms with E-state index in [1.165, 1.54) is 0 Å². The molecule has 0 saturated carbocycles. The normalized spacial score (nSPS) is 11.6. The van der Waals surface area contributed by atoms with Gasteiger partial charge in [0.25, 0.3) is 10.0 Å². The van der Waals surface area contributed by atoms with Crippen LogP contribution in [0.4, 0.5) is 0 Å². The summed E-state index contributed by atoms with van der Waals surface area (Å²) in [4.78, 5) is 7.92. The summed E-state index contributed by atoms with van der Waals surface area (Å²) in [7, 11) is -3.94. The first kappa shape index (κ1) is 20.5. The zero-order valence-corrected chi connectivity index (χ0v) is 17.4. The number of aryl methyl sites for hydroxylation is 2. The van der Waals surface area contributed by atoms with Crippen molar-refractivity contribution >= 4 is 44.5 Å². The molecular weight excluding hydrogens is 425 g/mol. The fourth-order valence-corrected chi connectivity index (χ4v) is 3.76. The fourth-order valence-electron chi connectivity index (χ4n) is 2.43. The lowest BCUT2D eigenvalue weighted by molar-refractivity contribution is 0.589. The molecule has 0 bridgehead atoms. The van der Waals surface area contributed by atoms with Gasteiger partial charge in [-0.15, -0.1) is 0 Å². The summed E-state index contributed by atoms with van der Waals surface area (Å²) in [5.74, 6) is 0. The second-order valence-electron chi connectivity index (χ2n) is 5.75. The van der Waals surface area contributed by atoms with Gasteiger partial charge < -0.3 is 0 Å². The molecule has 4 aromatic heterocycles. The van der Waals surface area contributed by atoms with Gasteiger partial charge in [0.2, 0.25) is 5.03 Å². The van der Waals surface area contributed by atoms with Gasteiger partial charge in [-0.05, 0) is 37.1 Å². The largest absolute Gasteiger partial charge is 0.258 e. The molecule has 2 N–H and O–H groups in total. The topological polar surface area (TPSA) is 121 Å². The van der Waals surface area contributed by atoms with Crippen LogP contribution >= 0.6 is 23.2 Å². The average molecular weight is 442 g/mol. The van der Waals surface area contributed by atoms with Crippen LogP contribution in [-0.2, 0) is 22.9 Å². The smallest absolute Gasteiger partial charge is 0.223 e. The molecule has 4 rings (SSSR count). The molecule has 0 aliphatic rings. The molecule has 148 valence electrons. The van der Waals surface area contributed by atoms with E-state index in [2.05, 4.69) is 27.1 Å². The van der Waals surface area contributed by atoms with Gasteiger partial charge in [0.15, 0.2) is 16.4 Å². The van der Waals surface area contributed by atoms with E-state index in [9.17, 15) is 8.42 Å². The summed E-state index contributed by atoms with van der Waals surface area (Å²) in [6, 6.07) is 7.27. The molecule has 0 radical (unpaired) electrons. The Labute approximate surface area is 171 Å². The Bertz CT molecular complexity index is 1250. The van der Waals surface area contributed by atoms with Crippen molar-refractivity contribution in [2.75, 3.05) is 0 Å². The Balaban J connectivity index is 0.000000167. The summed E-state index contributed by atoms with van der Waals surface area (Å²) in [5, 5.41) is 13.5. The number of hydrogen-bond donors (Lipinski definition) is 1. The monoisotopic (exact) mass is 441 g/mol. The van der Waals surface area contributed by atoms with Crippen molar-refractivity contribution in [1.29, 1.82) is 0 Å². The quantitative estimate of drug-likeness (QED) is 0.521. The standard InChI is InChI=1S/C8H9ClN4O2S.C8H8ClN3/c1-2-5-3-4-6-11-7(9)8(13(6)12-5)16(10,14)15;1-2-6-3-4-8-10-7(9)5-12(8)11-6/h3-4H,2H2,1H3,(H2,10,14,15);3-5H,2H2,1H3. The molecule has 4 heterocycles. The molecule has 0 unspecified atom stereocenters. The van der Waals surface area contributed by atoms with Gasteiger partial charge in [0, 0.05) is 0 Å². The predicted molar refractivity (Wildman–Crippen MR) is 106 cm³/mol. The third-order valence-corrected chi connectivity index (χ3v) is 5.25. The molecule has 12 heteroatoms. The van der Waals surface area contributed by atoms with E-state index >= 15 is 0 Å². The minimum atomic E-state index is -3.94. The Morgan fingerprint density at radius 1 is 0.964 bits per heavy atom. The Hall–Kier alpha value is -2.27. The van der Waals surface area contributed by atoms with Gasteiger partial charge in [-0.2, -0.15) is 14.7 Å². The van der Waals surface area contributed by atoms with E-state index in [1.807, 2.05) is 19.1 Å². The van der Waals surface area contributed by atoms with Gasteiger partial charge in [0.1, 0.15) is 5.15 Å². The lowest BCUT2D eigenvalue weighted by Crippen LogP contribution is -2.16. The number of rotatable bonds is 3. The first-order chi connectivity index (χ1) is 13.2. The van der Waals surface area contributed by atoms with Gasteiger partial charge in [0.05, 0.1) is 17.6 Å². The van der Waals surface area contributed by atoms with Crippen LogP contribution in [-0.4, -0.2) is 37.6 Å². The summed E-state index contributed by atoms with van der Waals surface area (Å²) < 4.78 is 25.5. The van der Waals surface area contributed by atoms with Crippen LogP contribution in [0.5, 0.6) is 0 Å². The number of halogens is 2. The molecular formula is C16H17Cl2N7O2S. The molecule has 4 aromatic rings. The number of nitrogens with two attached hydrogens (primary N) is 1. The Kier molecular flexibility index (Phi) is 5.84. The Morgan fingerprint density at radius 3 is 2.18 bits per heavy atom. The maximum Gasteiger partial charge on any atom is 0.258 e. The molecule has 0 spiro atoms. The molecule has 9 nitrogen and oxygen atoms in total. The number of imidazole rings is 2. The van der Waals surface area contributed by atoms with Crippen LogP contribution in [0.2, 0.25) is 10.3 Å². The molecule has 0 aliphatic carbocycles. The number of primary sulfonamides is 1. The van der Waals surface area contributed by atoms with Crippen LogP contribution in [0.3, 0.4) is 0 Å². The fraction of sp³-hybridized carbons (Fsp3) is 0.250. The van der Waals surface area contributed by atoms with Gasteiger partial charge in [-0.1, -0.05) is 37.0 Å². The second-order valence-corrected chi connectivity index (χ2v) is 7.97. The molecule has 28 heavy (non-hydrogen) atoms. The summed E-state index contributed by atoms with van der Waals surface area (Å²) in [5.41, 5.74) is 2.91. The van der Waals surface area contributed by atoms with E-state index in [4.69, 9.17) is 28.3 Å². The van der Waals surface area contributed by atoms with Crippen molar-refractivity contribution in [3.63, 3.8) is 0 Å². The van der Waals surface area contributed by atoms with Gasteiger partial charge in [-0.3, -0.25) is 0 Å². The molecule has 0 aliphatic heterocycles. The lowest BCUT2D eigenvalue weighted by atomic mass is 10.3. The van der Waals surface area contributed by atoms with E-state index in [0.717, 1.165) is 28.0 Å². The predicted octanol–water partition coefficient (Wildman–Crippen LogP) is 2.54. The highest BCUT2D eigenvalue weighted by Crippen LogP contribution is 2.20. The minimum absolute atomic E-state index is 0.164. The van der Waals surface area contributed by atoms with E-state index in [0.29, 0.717) is 17.2 Å². The maximum atomic E-state index is 11.3. The van der Waals surface area contributed by atoms with Crippen molar-refractivity contribution in [2.24, 2.45) is 5.14 Å². The maximum absolute atomic E-state index is 11.3. The number of aromatic nitrogens is 6. The van der Waals surface area contributed by atoms with Crippen LogP contribution in [0, 0.1) is 0 Å². The average Bonchev–Trinajstić information content (AvgIpc) is 3.17. The molecule has 0 amide bonds. The lowest BCUT2D eigenvalue weighted by Gasteiger charge is -2.00. The molecule has 0 aromatic carbocycles. The first-order valence-electron chi connectivity index (χ1n) is 8.30. The van der Waals surface area contributed by atoms with E-state index in [-0.39, 0.29) is 10.2 Å². The highest BCUT2D eigenvalue weighted by atomic mass is 35.5. The molecule has 0 saturated heterocycles. The highest BCUT2D eigenvalue weighted by Gasteiger charge is 2.21. The third kappa shape index (κ3) is 4.25. The molecule has 0 fully saturated rings. The van der Waals surface area contributed by atoms with E-state index < -0.39 is 10.0 Å². The summed E-state index contributed by atoms with van der Waals surface area (Å²) in [6.07, 6.45) is 3.30. The first-order valence-corrected chi connectivity index (χ1v) is 10.6. The zero-order chi connectivity index (χ0) is 20.5. The zero-order valence-electron chi connectivity index (χ0n) is 15.0. The van der Waals surface area contributed by atoms with Crippen molar-refractivity contribution in [3.05, 3.63) is 52.2 Å². The van der Waals surface area contributed by atoms with Crippen molar-refractivity contribution < 1.29 is 8.42 Å². The number of nitrogens with zero attached hydrogens (tertiary/aromatic N) is 6. The van der Waals surface area contributed by atoms with Gasteiger partial charge >= 0.3 is 0 Å². The third-order valence-electron chi connectivity index (χ3n) is 3.79. The summed E-state index contributed by atoms with van der Waals surface area (Å²) in [6.45, 7) is 3.97. The molecule has 0 atom stereocenters. The minimum Gasteiger partial charge on any atom is -0.223 e. The van der Waals surface area contributed by atoms with Crippen LogP contribution in [0.25, 0.3) is 11.3 Å². The van der Waals surface area contributed by atoms with E-state index in [1.54, 1.807) is 22.8 Å². The van der Waals surface area contributed by atoms with Crippen molar-refractivity contribution in [2.45, 2.75) is 31.7 Å². The highest BCUT2D eigenvalue weighted by molar-refractivity contribution is 7.89. The van der Waals surface area contributed by atoms with Crippen LogP contribution in [0.1, 0.15) is 25.2 Å². The van der Waals surface area contributed by atoms with Crippen LogP contribution < -0.4 is 5.14 Å². The number of fused-ring (bicyclic) bond motifs is 2. The van der Waals surface area contributed by atoms with Gasteiger partial charge in [-0.25, -0.2) is 28.0 Å². The number of hydrogen-bond acceptors (Lipinski definition) is 6. The van der Waals surface area contributed by atoms with Crippen LogP contribution in [0.15, 0.2) is 35.5 Å². The van der Waals surface area contributed by atoms with Crippen molar-refractivity contribution in [1.82, 2.24) is 29.2 Å². The summed E-state index contributed by atoms with van der Waals surface area (Å²) >= 11 is 11.4. The Morgan fingerprint density at radius 2 is 1.57 bits per heavy atom. The SMILES string of the molecule is CCc1ccc2nc(Cl)c(S(N)(=O)=O)n2n1.CCc1ccc2nc(Cl)cn2n1. The number of sulfonamides is 1.